The lowest BCUT2D eigenvalue weighted by molar-refractivity contribution is 0.271. The smallest absolute Gasteiger partial charge is 0.159 e. The van der Waals surface area contributed by atoms with E-state index >= 15 is 0 Å². The van der Waals surface area contributed by atoms with Crippen molar-refractivity contribution in [1.29, 1.82) is 0 Å². The van der Waals surface area contributed by atoms with Gasteiger partial charge in [0.05, 0.1) is 0 Å². The highest BCUT2D eigenvalue weighted by atomic mass is 32.2. The van der Waals surface area contributed by atoms with Gasteiger partial charge in [-0.25, -0.2) is 8.78 Å². The van der Waals surface area contributed by atoms with Gasteiger partial charge in [-0.3, -0.25) is 0 Å². The highest BCUT2D eigenvalue weighted by molar-refractivity contribution is 7.99. The van der Waals surface area contributed by atoms with Gasteiger partial charge in [0.2, 0.25) is 0 Å². The summed E-state index contributed by atoms with van der Waals surface area (Å²) in [6, 6.07) is 4.07. The Hall–Kier alpha value is -0.650. The minimum absolute atomic E-state index is 0.121. The molecule has 1 atom stereocenters. The molecule has 0 saturated carbocycles. The normalized spacial score (nSPS) is 12.7. The number of hydrogen-bond donors (Lipinski definition) is 2. The predicted octanol–water partition coefficient (Wildman–Crippen LogP) is 2.42. The van der Waals surface area contributed by atoms with E-state index in [2.05, 4.69) is 5.32 Å². The van der Waals surface area contributed by atoms with Gasteiger partial charge in [-0.1, -0.05) is 6.92 Å². The van der Waals surface area contributed by atoms with Crippen molar-refractivity contribution in [1.82, 2.24) is 5.32 Å². The van der Waals surface area contributed by atoms with Crippen LogP contribution in [0.15, 0.2) is 23.1 Å². The Kier molecular flexibility index (Phi) is 6.47. The van der Waals surface area contributed by atoms with Gasteiger partial charge >= 0.3 is 0 Å². The number of benzene rings is 1. The van der Waals surface area contributed by atoms with Crippen LogP contribution in [0.2, 0.25) is 0 Å². The first-order chi connectivity index (χ1) is 8.17. The Balaban J connectivity index is 2.49. The Bertz CT molecular complexity index is 343. The minimum atomic E-state index is -0.826. The molecule has 0 aliphatic carbocycles. The summed E-state index contributed by atoms with van der Waals surface area (Å²) in [4.78, 5) is 0.699. The van der Waals surface area contributed by atoms with Crippen LogP contribution in [-0.4, -0.2) is 30.1 Å². The summed E-state index contributed by atoms with van der Waals surface area (Å²) < 4.78 is 25.7. The van der Waals surface area contributed by atoms with Crippen LogP contribution in [-0.2, 0) is 0 Å². The third kappa shape index (κ3) is 5.02. The molecule has 1 unspecified atom stereocenters. The van der Waals surface area contributed by atoms with Crippen LogP contribution in [0.1, 0.15) is 13.3 Å². The molecule has 96 valence electrons. The molecule has 0 aliphatic rings. The van der Waals surface area contributed by atoms with Crippen molar-refractivity contribution in [3.05, 3.63) is 29.8 Å². The molecule has 1 aromatic carbocycles. The molecule has 0 aromatic heterocycles. The monoisotopic (exact) mass is 261 g/mol. The highest BCUT2D eigenvalue weighted by Crippen LogP contribution is 2.21. The van der Waals surface area contributed by atoms with Gasteiger partial charge in [0.15, 0.2) is 11.6 Å². The van der Waals surface area contributed by atoms with Gasteiger partial charge in [0.25, 0.3) is 0 Å². The number of nitrogens with one attached hydrogen (secondary N) is 1. The molecule has 17 heavy (non-hydrogen) atoms. The van der Waals surface area contributed by atoms with E-state index in [-0.39, 0.29) is 12.6 Å². The molecule has 0 saturated heterocycles. The van der Waals surface area contributed by atoms with Gasteiger partial charge in [-0.05, 0) is 31.2 Å². The average molecular weight is 261 g/mol. The molecule has 2 nitrogen and oxygen atoms in total. The van der Waals surface area contributed by atoms with Crippen molar-refractivity contribution in [2.75, 3.05) is 18.9 Å². The number of aliphatic hydroxyl groups is 1. The molecule has 1 aromatic rings. The summed E-state index contributed by atoms with van der Waals surface area (Å²) in [6.45, 7) is 2.94. The number of thioether (sulfide) groups is 1. The minimum Gasteiger partial charge on any atom is -0.396 e. The van der Waals surface area contributed by atoms with Crippen molar-refractivity contribution in [2.45, 2.75) is 24.3 Å². The summed E-state index contributed by atoms with van der Waals surface area (Å²) in [5.41, 5.74) is 0. The molecule has 0 spiro atoms. The first-order valence-electron chi connectivity index (χ1n) is 5.59. The number of hydrogen-bond acceptors (Lipinski definition) is 3. The number of rotatable bonds is 7. The van der Waals surface area contributed by atoms with Crippen molar-refractivity contribution < 1.29 is 13.9 Å². The third-order valence-corrected chi connectivity index (χ3v) is 3.47. The Labute approximate surface area is 104 Å². The lowest BCUT2D eigenvalue weighted by atomic mass is 10.2. The van der Waals surface area contributed by atoms with Crippen LogP contribution in [0.25, 0.3) is 0 Å². The highest BCUT2D eigenvalue weighted by Gasteiger charge is 2.08. The first kappa shape index (κ1) is 14.4. The van der Waals surface area contributed by atoms with Gasteiger partial charge in [-0.2, -0.15) is 0 Å². The average Bonchev–Trinajstić information content (AvgIpc) is 2.31. The zero-order valence-corrected chi connectivity index (χ0v) is 10.6. The van der Waals surface area contributed by atoms with Gasteiger partial charge in [-0.15, -0.1) is 11.8 Å². The summed E-state index contributed by atoms with van der Waals surface area (Å²) in [5, 5.41) is 12.1. The summed E-state index contributed by atoms with van der Waals surface area (Å²) >= 11 is 1.45. The molecule has 0 aliphatic heterocycles. The molecule has 2 N–H and O–H groups in total. The SMILES string of the molecule is CCNC(CCO)CSc1ccc(F)c(F)c1. The summed E-state index contributed by atoms with van der Waals surface area (Å²) in [7, 11) is 0. The second kappa shape index (κ2) is 7.63. The lowest BCUT2D eigenvalue weighted by Crippen LogP contribution is -2.32. The fourth-order valence-electron chi connectivity index (χ4n) is 1.45. The zero-order valence-electron chi connectivity index (χ0n) is 9.75. The van der Waals surface area contributed by atoms with Crippen molar-refractivity contribution in [3.8, 4) is 0 Å². The van der Waals surface area contributed by atoms with E-state index in [1.165, 1.54) is 17.8 Å². The van der Waals surface area contributed by atoms with Crippen molar-refractivity contribution >= 4 is 11.8 Å². The van der Waals surface area contributed by atoms with Gasteiger partial charge in [0.1, 0.15) is 0 Å². The Morgan fingerprint density at radius 2 is 2.12 bits per heavy atom. The van der Waals surface area contributed by atoms with E-state index in [0.717, 1.165) is 18.4 Å². The predicted molar refractivity (Wildman–Crippen MR) is 66.2 cm³/mol. The second-order valence-corrected chi connectivity index (χ2v) is 4.75. The molecular formula is C12H17F2NOS. The molecule has 1 rings (SSSR count). The first-order valence-corrected chi connectivity index (χ1v) is 6.58. The quantitative estimate of drug-likeness (QED) is 0.739. The maximum absolute atomic E-state index is 13.0. The van der Waals surface area contributed by atoms with E-state index < -0.39 is 11.6 Å². The van der Waals surface area contributed by atoms with Crippen molar-refractivity contribution in [2.24, 2.45) is 0 Å². The number of halogens is 2. The fraction of sp³-hybridized carbons (Fsp3) is 0.500. The molecule has 0 radical (unpaired) electrons. The Morgan fingerprint density at radius 3 is 2.71 bits per heavy atom. The molecular weight excluding hydrogens is 244 g/mol. The molecule has 0 bridgehead atoms. The van der Waals surface area contributed by atoms with Gasteiger partial charge in [0, 0.05) is 23.3 Å². The van der Waals surface area contributed by atoms with Crippen LogP contribution in [0, 0.1) is 11.6 Å². The standard InChI is InChI=1S/C12H17F2NOS/c1-2-15-9(5-6-16)8-17-10-3-4-11(13)12(14)7-10/h3-4,7,9,15-16H,2,5-6,8H2,1H3. The van der Waals surface area contributed by atoms with E-state index in [0.29, 0.717) is 11.3 Å². The molecule has 0 heterocycles. The lowest BCUT2D eigenvalue weighted by Gasteiger charge is -2.16. The van der Waals surface area contributed by atoms with E-state index in [4.69, 9.17) is 5.11 Å². The summed E-state index contributed by atoms with van der Waals surface area (Å²) in [5.74, 6) is -0.926. The van der Waals surface area contributed by atoms with Crippen LogP contribution < -0.4 is 5.32 Å². The van der Waals surface area contributed by atoms with Crippen molar-refractivity contribution in [3.63, 3.8) is 0 Å². The van der Waals surface area contributed by atoms with Crippen LogP contribution >= 0.6 is 11.8 Å². The van der Waals surface area contributed by atoms with E-state index in [1.807, 2.05) is 6.92 Å². The maximum atomic E-state index is 13.0. The molecule has 0 amide bonds. The van der Waals surface area contributed by atoms with E-state index in [9.17, 15) is 8.78 Å². The van der Waals surface area contributed by atoms with Crippen LogP contribution in [0.5, 0.6) is 0 Å². The maximum Gasteiger partial charge on any atom is 0.159 e. The molecule has 0 fully saturated rings. The summed E-state index contributed by atoms with van der Waals surface area (Å²) in [6.07, 6.45) is 0.657. The van der Waals surface area contributed by atoms with Gasteiger partial charge < -0.3 is 10.4 Å². The van der Waals surface area contributed by atoms with Crippen LogP contribution in [0.3, 0.4) is 0 Å². The van der Waals surface area contributed by atoms with E-state index in [1.54, 1.807) is 6.07 Å². The topological polar surface area (TPSA) is 32.3 Å². The van der Waals surface area contributed by atoms with Crippen LogP contribution in [0.4, 0.5) is 8.78 Å². The zero-order chi connectivity index (χ0) is 12.7. The largest absolute Gasteiger partial charge is 0.396 e. The molecule has 5 heteroatoms. The third-order valence-electron chi connectivity index (χ3n) is 2.31. The second-order valence-electron chi connectivity index (χ2n) is 3.65. The number of aliphatic hydroxyl groups excluding tert-OH is 1. The fourth-order valence-corrected chi connectivity index (χ4v) is 2.48. The Morgan fingerprint density at radius 1 is 1.35 bits per heavy atom.